The minimum atomic E-state index is -0.256. The van der Waals surface area contributed by atoms with Gasteiger partial charge in [-0.1, -0.05) is 35.9 Å². The summed E-state index contributed by atoms with van der Waals surface area (Å²) in [6.45, 7) is 2.50. The quantitative estimate of drug-likeness (QED) is 0.803. The Morgan fingerprint density at radius 1 is 1.16 bits per heavy atom. The predicted molar refractivity (Wildman–Crippen MR) is 99.9 cm³/mol. The smallest absolute Gasteiger partial charge is 0.264 e. The second-order valence-corrected chi connectivity index (χ2v) is 6.63. The van der Waals surface area contributed by atoms with E-state index in [-0.39, 0.29) is 11.1 Å². The first-order valence-electron chi connectivity index (χ1n) is 7.71. The van der Waals surface area contributed by atoms with Gasteiger partial charge < -0.3 is 14.8 Å². The Labute approximate surface area is 150 Å². The van der Waals surface area contributed by atoms with Gasteiger partial charge in [-0.25, -0.2) is 0 Å². The first kappa shape index (κ1) is 17.1. The van der Waals surface area contributed by atoms with E-state index in [0.29, 0.717) is 23.0 Å². The number of carbonyl (C=O) groups is 1. The van der Waals surface area contributed by atoms with E-state index in [1.54, 1.807) is 13.2 Å². The number of amidine groups is 1. The summed E-state index contributed by atoms with van der Waals surface area (Å²) < 4.78 is 11.3. The number of methoxy groups -OCH3 is 1. The van der Waals surface area contributed by atoms with Gasteiger partial charge in [0.05, 0.1) is 12.0 Å². The van der Waals surface area contributed by atoms with Gasteiger partial charge in [0.15, 0.2) is 16.7 Å². The fraction of sp³-hybridized carbons (Fsp3) is 0.158. The van der Waals surface area contributed by atoms with Crippen LogP contribution in [0.3, 0.4) is 0 Å². The van der Waals surface area contributed by atoms with Gasteiger partial charge in [0, 0.05) is 0 Å². The van der Waals surface area contributed by atoms with Crippen LogP contribution in [0.15, 0.2) is 47.4 Å². The van der Waals surface area contributed by atoms with Crippen molar-refractivity contribution in [1.29, 1.82) is 5.41 Å². The van der Waals surface area contributed by atoms with E-state index in [1.165, 1.54) is 5.56 Å². The summed E-state index contributed by atoms with van der Waals surface area (Å²) in [6, 6.07) is 13.7. The molecule has 2 aromatic rings. The lowest BCUT2D eigenvalue weighted by atomic mass is 10.1. The molecular weight excluding hydrogens is 336 g/mol. The van der Waals surface area contributed by atoms with Crippen molar-refractivity contribution < 1.29 is 14.3 Å². The topological polar surface area (TPSA) is 71.4 Å². The van der Waals surface area contributed by atoms with Gasteiger partial charge in [-0.05, 0) is 48.0 Å². The SMILES string of the molecule is COc1cc(/C=C2\SC(=N)NC2=O)ccc1OCc1ccc(C)cc1. The van der Waals surface area contributed by atoms with E-state index < -0.39 is 0 Å². The van der Waals surface area contributed by atoms with Crippen LogP contribution in [-0.2, 0) is 11.4 Å². The van der Waals surface area contributed by atoms with Crippen LogP contribution < -0.4 is 14.8 Å². The van der Waals surface area contributed by atoms with Crippen molar-refractivity contribution in [3.05, 3.63) is 64.1 Å². The molecule has 0 bridgehead atoms. The van der Waals surface area contributed by atoms with Gasteiger partial charge in [0.25, 0.3) is 5.91 Å². The molecule has 6 heteroatoms. The van der Waals surface area contributed by atoms with Crippen molar-refractivity contribution in [2.45, 2.75) is 13.5 Å². The molecule has 0 spiro atoms. The molecule has 0 atom stereocenters. The van der Waals surface area contributed by atoms with E-state index in [4.69, 9.17) is 14.9 Å². The number of aryl methyl sites for hydroxylation is 1. The predicted octanol–water partition coefficient (Wildman–Crippen LogP) is 3.72. The molecule has 1 aliphatic rings. The lowest BCUT2D eigenvalue weighted by Crippen LogP contribution is -2.18. The van der Waals surface area contributed by atoms with Crippen LogP contribution >= 0.6 is 11.8 Å². The highest BCUT2D eigenvalue weighted by atomic mass is 32.2. The normalized spacial score (nSPS) is 15.4. The third-order valence-electron chi connectivity index (χ3n) is 3.66. The number of hydrogen-bond acceptors (Lipinski definition) is 5. The first-order valence-corrected chi connectivity index (χ1v) is 8.52. The highest BCUT2D eigenvalue weighted by Crippen LogP contribution is 2.31. The Bertz CT molecular complexity index is 844. The van der Waals surface area contributed by atoms with Crippen LogP contribution in [0.25, 0.3) is 6.08 Å². The molecule has 2 aromatic carbocycles. The van der Waals surface area contributed by atoms with Crippen molar-refractivity contribution in [1.82, 2.24) is 5.32 Å². The number of benzene rings is 2. The lowest BCUT2D eigenvalue weighted by Gasteiger charge is -2.11. The largest absolute Gasteiger partial charge is 0.493 e. The second-order valence-electron chi connectivity index (χ2n) is 5.58. The summed E-state index contributed by atoms with van der Waals surface area (Å²) in [6.07, 6.45) is 1.73. The van der Waals surface area contributed by atoms with Gasteiger partial charge in [-0.2, -0.15) is 0 Å². The molecule has 1 heterocycles. The average molecular weight is 354 g/mol. The maximum atomic E-state index is 11.7. The Kier molecular flexibility index (Phi) is 5.09. The third-order valence-corrected chi connectivity index (χ3v) is 4.49. The molecule has 0 saturated carbocycles. The lowest BCUT2D eigenvalue weighted by molar-refractivity contribution is -0.115. The summed E-state index contributed by atoms with van der Waals surface area (Å²) >= 11 is 1.11. The van der Waals surface area contributed by atoms with Crippen LogP contribution in [-0.4, -0.2) is 18.2 Å². The molecule has 128 valence electrons. The van der Waals surface area contributed by atoms with E-state index >= 15 is 0 Å². The second kappa shape index (κ2) is 7.44. The number of nitrogens with one attached hydrogen (secondary N) is 2. The van der Waals surface area contributed by atoms with Crippen LogP contribution in [0.1, 0.15) is 16.7 Å². The van der Waals surface area contributed by atoms with Gasteiger partial charge >= 0.3 is 0 Å². The Morgan fingerprint density at radius 3 is 2.56 bits per heavy atom. The summed E-state index contributed by atoms with van der Waals surface area (Å²) in [4.78, 5) is 12.2. The van der Waals surface area contributed by atoms with Crippen LogP contribution in [0.5, 0.6) is 11.5 Å². The molecule has 1 amide bonds. The maximum absolute atomic E-state index is 11.7. The van der Waals surface area contributed by atoms with Crippen molar-refractivity contribution in [3.63, 3.8) is 0 Å². The van der Waals surface area contributed by atoms with Crippen molar-refractivity contribution in [3.8, 4) is 11.5 Å². The number of hydrogen-bond donors (Lipinski definition) is 2. The van der Waals surface area contributed by atoms with Gasteiger partial charge in [-0.3, -0.25) is 10.2 Å². The highest BCUT2D eigenvalue weighted by Gasteiger charge is 2.22. The van der Waals surface area contributed by atoms with Crippen LogP contribution in [0.2, 0.25) is 0 Å². The zero-order valence-corrected chi connectivity index (χ0v) is 14.8. The number of thioether (sulfide) groups is 1. The van der Waals surface area contributed by atoms with Gasteiger partial charge in [0.2, 0.25) is 0 Å². The van der Waals surface area contributed by atoms with Crippen LogP contribution in [0.4, 0.5) is 0 Å². The van der Waals surface area contributed by atoms with E-state index in [1.807, 2.05) is 49.4 Å². The zero-order valence-electron chi connectivity index (χ0n) is 14.0. The number of rotatable bonds is 5. The monoisotopic (exact) mass is 354 g/mol. The van der Waals surface area contributed by atoms with Crippen molar-refractivity contribution in [2.75, 3.05) is 7.11 Å². The third kappa shape index (κ3) is 4.22. The zero-order chi connectivity index (χ0) is 17.8. The number of amides is 1. The first-order chi connectivity index (χ1) is 12.0. The fourth-order valence-electron chi connectivity index (χ4n) is 2.33. The van der Waals surface area contributed by atoms with E-state index in [9.17, 15) is 4.79 Å². The molecule has 0 aromatic heterocycles. The molecule has 5 nitrogen and oxygen atoms in total. The standard InChI is InChI=1S/C19H18N2O3S/c1-12-3-5-13(6-4-12)11-24-15-8-7-14(9-16(15)23-2)10-17-18(22)21-19(20)25-17/h3-10H,11H2,1-2H3,(H2,20,21,22)/b17-10-. The highest BCUT2D eigenvalue weighted by molar-refractivity contribution is 8.18. The van der Waals surface area contributed by atoms with Crippen LogP contribution in [0, 0.1) is 12.3 Å². The summed E-state index contributed by atoms with van der Waals surface area (Å²) in [5.74, 6) is 0.982. The Balaban J connectivity index is 1.75. The molecule has 2 N–H and O–H groups in total. The fourth-order valence-corrected chi connectivity index (χ4v) is 3.03. The summed E-state index contributed by atoms with van der Waals surface area (Å²) in [7, 11) is 1.58. The summed E-state index contributed by atoms with van der Waals surface area (Å²) in [5.41, 5.74) is 3.10. The molecule has 1 aliphatic heterocycles. The number of ether oxygens (including phenoxy) is 2. The minimum absolute atomic E-state index is 0.140. The molecule has 1 fully saturated rings. The maximum Gasteiger partial charge on any atom is 0.264 e. The Morgan fingerprint density at radius 2 is 1.92 bits per heavy atom. The van der Waals surface area contributed by atoms with Gasteiger partial charge in [-0.15, -0.1) is 0 Å². The molecule has 0 radical (unpaired) electrons. The van der Waals surface area contributed by atoms with Crippen molar-refractivity contribution in [2.24, 2.45) is 0 Å². The molecular formula is C19H18N2O3S. The number of carbonyl (C=O) groups excluding carboxylic acids is 1. The molecule has 3 rings (SSSR count). The molecule has 0 unspecified atom stereocenters. The Hall–Kier alpha value is -2.73. The van der Waals surface area contributed by atoms with Gasteiger partial charge in [0.1, 0.15) is 6.61 Å². The molecule has 25 heavy (non-hydrogen) atoms. The average Bonchev–Trinajstić information content (AvgIpc) is 2.92. The molecule has 0 aliphatic carbocycles. The van der Waals surface area contributed by atoms with E-state index in [0.717, 1.165) is 22.9 Å². The minimum Gasteiger partial charge on any atom is -0.493 e. The molecule has 1 saturated heterocycles. The van der Waals surface area contributed by atoms with E-state index in [2.05, 4.69) is 5.32 Å². The van der Waals surface area contributed by atoms with Crippen molar-refractivity contribution >= 4 is 28.9 Å². The summed E-state index contributed by atoms with van der Waals surface area (Å²) in [5, 5.41) is 10.1.